The first-order valence-corrected chi connectivity index (χ1v) is 5.90. The highest BCUT2D eigenvalue weighted by molar-refractivity contribution is 5.99. The minimum Gasteiger partial charge on any atom is -0.466 e. The lowest BCUT2D eigenvalue weighted by Gasteiger charge is -2.13. The normalized spacial score (nSPS) is 11.7. The van der Waals surface area contributed by atoms with Gasteiger partial charge in [0.05, 0.1) is 13.2 Å². The lowest BCUT2D eigenvalue weighted by atomic mass is 9.98. The zero-order valence-corrected chi connectivity index (χ0v) is 11.1. The summed E-state index contributed by atoms with van der Waals surface area (Å²) in [6, 6.07) is 0. The van der Waals surface area contributed by atoms with Crippen LogP contribution >= 0.6 is 0 Å². The Kier molecular flexibility index (Phi) is 8.82. The SMILES string of the molecule is CCOC(=O)CCC(C(=O)COC)C(=O)OCC. The van der Waals surface area contributed by atoms with E-state index in [1.807, 2.05) is 0 Å². The van der Waals surface area contributed by atoms with Crippen molar-refractivity contribution < 1.29 is 28.6 Å². The van der Waals surface area contributed by atoms with Crippen LogP contribution in [0, 0.1) is 5.92 Å². The zero-order valence-electron chi connectivity index (χ0n) is 11.1. The number of hydrogen-bond donors (Lipinski definition) is 0. The van der Waals surface area contributed by atoms with Crippen LogP contribution in [0.4, 0.5) is 0 Å². The van der Waals surface area contributed by atoms with Gasteiger partial charge in [-0.25, -0.2) is 0 Å². The van der Waals surface area contributed by atoms with E-state index >= 15 is 0 Å². The molecule has 0 saturated carbocycles. The van der Waals surface area contributed by atoms with Crippen molar-refractivity contribution in [3.63, 3.8) is 0 Å². The highest BCUT2D eigenvalue weighted by Gasteiger charge is 2.28. The van der Waals surface area contributed by atoms with Gasteiger partial charge >= 0.3 is 11.9 Å². The molecule has 0 amide bonds. The summed E-state index contributed by atoms with van der Waals surface area (Å²) in [6.07, 6.45) is 0.0899. The molecule has 0 bridgehead atoms. The van der Waals surface area contributed by atoms with Crippen molar-refractivity contribution in [1.29, 1.82) is 0 Å². The van der Waals surface area contributed by atoms with E-state index in [1.165, 1.54) is 7.11 Å². The average molecular weight is 260 g/mol. The van der Waals surface area contributed by atoms with Crippen molar-refractivity contribution in [3.05, 3.63) is 0 Å². The van der Waals surface area contributed by atoms with Crippen LogP contribution in [0.15, 0.2) is 0 Å². The molecule has 0 radical (unpaired) electrons. The maximum Gasteiger partial charge on any atom is 0.316 e. The van der Waals surface area contributed by atoms with E-state index in [1.54, 1.807) is 13.8 Å². The molecule has 0 aliphatic rings. The van der Waals surface area contributed by atoms with Crippen molar-refractivity contribution in [2.75, 3.05) is 26.9 Å². The number of carbonyl (C=O) groups excluding carboxylic acids is 3. The van der Waals surface area contributed by atoms with Crippen molar-refractivity contribution in [2.24, 2.45) is 5.92 Å². The van der Waals surface area contributed by atoms with Crippen LogP contribution < -0.4 is 0 Å². The molecule has 6 nitrogen and oxygen atoms in total. The fourth-order valence-electron chi connectivity index (χ4n) is 1.39. The summed E-state index contributed by atoms with van der Waals surface area (Å²) in [4.78, 5) is 34.4. The number of esters is 2. The van der Waals surface area contributed by atoms with Crippen molar-refractivity contribution in [3.8, 4) is 0 Å². The van der Waals surface area contributed by atoms with Gasteiger partial charge < -0.3 is 14.2 Å². The highest BCUT2D eigenvalue weighted by Crippen LogP contribution is 2.12. The second-order valence-electron chi connectivity index (χ2n) is 3.55. The van der Waals surface area contributed by atoms with Gasteiger partial charge in [0.2, 0.25) is 0 Å². The molecule has 0 spiro atoms. The second kappa shape index (κ2) is 9.58. The average Bonchev–Trinajstić information content (AvgIpc) is 2.30. The minimum absolute atomic E-state index is 0.00672. The van der Waals surface area contributed by atoms with Crippen molar-refractivity contribution >= 4 is 17.7 Å². The highest BCUT2D eigenvalue weighted by atomic mass is 16.5. The first-order chi connectivity index (χ1) is 8.56. The molecular formula is C12H20O6. The van der Waals surface area contributed by atoms with Gasteiger partial charge in [0.15, 0.2) is 5.78 Å². The summed E-state index contributed by atoms with van der Waals surface area (Å²) in [5, 5.41) is 0. The Labute approximate surface area is 107 Å². The predicted molar refractivity (Wildman–Crippen MR) is 62.9 cm³/mol. The molecule has 18 heavy (non-hydrogen) atoms. The molecule has 0 rings (SSSR count). The van der Waals surface area contributed by atoms with Crippen LogP contribution in [0.3, 0.4) is 0 Å². The van der Waals surface area contributed by atoms with Gasteiger partial charge in [0.1, 0.15) is 12.5 Å². The standard InChI is InChI=1S/C12H20O6/c1-4-17-11(14)7-6-9(10(13)8-16-3)12(15)18-5-2/h9H,4-8H2,1-3H3. The lowest BCUT2D eigenvalue weighted by Crippen LogP contribution is -2.29. The molecule has 0 fully saturated rings. The molecule has 1 atom stereocenters. The molecule has 104 valence electrons. The maximum absolute atomic E-state index is 11.7. The molecule has 6 heteroatoms. The molecule has 0 saturated heterocycles. The van der Waals surface area contributed by atoms with Gasteiger partial charge in [-0.05, 0) is 20.3 Å². The Morgan fingerprint density at radius 3 is 2.17 bits per heavy atom. The Bertz CT molecular complexity index is 268. The summed E-state index contributed by atoms with van der Waals surface area (Å²) in [5.74, 6) is -2.41. The van der Waals surface area contributed by atoms with Crippen LogP contribution in [0.2, 0.25) is 0 Å². The molecule has 0 aliphatic carbocycles. The first-order valence-electron chi connectivity index (χ1n) is 5.90. The van der Waals surface area contributed by atoms with E-state index in [0.717, 1.165) is 0 Å². The molecule has 0 heterocycles. The van der Waals surface area contributed by atoms with E-state index in [4.69, 9.17) is 14.2 Å². The Morgan fingerprint density at radius 2 is 1.67 bits per heavy atom. The first kappa shape index (κ1) is 16.6. The third-order valence-corrected chi connectivity index (χ3v) is 2.19. The van der Waals surface area contributed by atoms with E-state index in [-0.39, 0.29) is 38.4 Å². The molecular weight excluding hydrogens is 240 g/mol. The fourth-order valence-corrected chi connectivity index (χ4v) is 1.39. The predicted octanol–water partition coefficient (Wildman–Crippen LogP) is 0.724. The van der Waals surface area contributed by atoms with Gasteiger partial charge in [-0.15, -0.1) is 0 Å². The molecule has 0 N–H and O–H groups in total. The van der Waals surface area contributed by atoms with Crippen LogP contribution in [-0.2, 0) is 28.6 Å². The Balaban J connectivity index is 4.42. The van der Waals surface area contributed by atoms with Gasteiger partial charge in [-0.3, -0.25) is 14.4 Å². The Morgan fingerprint density at radius 1 is 1.06 bits per heavy atom. The summed E-state index contributed by atoms with van der Waals surface area (Å²) < 4.78 is 14.2. The smallest absolute Gasteiger partial charge is 0.316 e. The zero-order chi connectivity index (χ0) is 14.0. The van der Waals surface area contributed by atoms with Crippen molar-refractivity contribution in [2.45, 2.75) is 26.7 Å². The number of ether oxygens (including phenoxy) is 3. The lowest BCUT2D eigenvalue weighted by molar-refractivity contribution is -0.153. The largest absolute Gasteiger partial charge is 0.466 e. The molecule has 0 aromatic heterocycles. The summed E-state index contributed by atoms with van der Waals surface area (Å²) in [7, 11) is 1.37. The minimum atomic E-state index is -0.964. The van der Waals surface area contributed by atoms with Gasteiger partial charge in [-0.1, -0.05) is 0 Å². The topological polar surface area (TPSA) is 78.9 Å². The van der Waals surface area contributed by atoms with E-state index in [0.29, 0.717) is 0 Å². The summed E-state index contributed by atoms with van der Waals surface area (Å²) in [5.41, 5.74) is 0. The van der Waals surface area contributed by atoms with Gasteiger partial charge in [-0.2, -0.15) is 0 Å². The number of Topliss-reactive ketones (excluding diaryl/α,β-unsaturated/α-hetero) is 1. The molecule has 1 unspecified atom stereocenters. The van der Waals surface area contributed by atoms with Crippen molar-refractivity contribution in [1.82, 2.24) is 0 Å². The van der Waals surface area contributed by atoms with Gasteiger partial charge in [0, 0.05) is 13.5 Å². The quantitative estimate of drug-likeness (QED) is 0.449. The van der Waals surface area contributed by atoms with Gasteiger partial charge in [0.25, 0.3) is 0 Å². The number of ketones is 1. The van der Waals surface area contributed by atoms with Crippen LogP contribution in [-0.4, -0.2) is 44.7 Å². The van der Waals surface area contributed by atoms with E-state index in [2.05, 4.69) is 0 Å². The Hall–Kier alpha value is -1.43. The third kappa shape index (κ3) is 6.34. The maximum atomic E-state index is 11.7. The third-order valence-electron chi connectivity index (χ3n) is 2.19. The molecule has 0 aliphatic heterocycles. The monoisotopic (exact) mass is 260 g/mol. The van der Waals surface area contributed by atoms with Crippen LogP contribution in [0.5, 0.6) is 0 Å². The van der Waals surface area contributed by atoms with E-state index in [9.17, 15) is 14.4 Å². The molecule has 0 aromatic rings. The van der Waals surface area contributed by atoms with Crippen LogP contribution in [0.25, 0.3) is 0 Å². The molecule has 0 aromatic carbocycles. The number of hydrogen-bond acceptors (Lipinski definition) is 6. The second-order valence-corrected chi connectivity index (χ2v) is 3.55. The summed E-state index contributed by atoms with van der Waals surface area (Å²) in [6.45, 7) is 3.63. The van der Waals surface area contributed by atoms with Crippen LogP contribution in [0.1, 0.15) is 26.7 Å². The number of rotatable bonds is 9. The number of carbonyl (C=O) groups is 3. The summed E-state index contributed by atoms with van der Waals surface area (Å²) >= 11 is 0. The fraction of sp³-hybridized carbons (Fsp3) is 0.750. The van der Waals surface area contributed by atoms with E-state index < -0.39 is 17.9 Å². The number of methoxy groups -OCH3 is 1.